The zero-order chi connectivity index (χ0) is 26.1. The van der Waals surface area contributed by atoms with Crippen LogP contribution in [0.1, 0.15) is 49.4 Å². The second-order valence-corrected chi connectivity index (χ2v) is 9.15. The number of rotatable bonds is 8. The van der Waals surface area contributed by atoms with Gasteiger partial charge in [-0.1, -0.05) is 31.2 Å². The third kappa shape index (κ3) is 5.37. The molecule has 0 unspecified atom stereocenters. The number of alkyl halides is 3. The zero-order valence-corrected chi connectivity index (χ0v) is 20.3. The minimum atomic E-state index is -4.39. The quantitative estimate of drug-likeness (QED) is 0.287. The lowest BCUT2D eigenvalue weighted by molar-refractivity contribution is -0.138. The van der Waals surface area contributed by atoms with E-state index in [9.17, 15) is 18.0 Å². The van der Waals surface area contributed by atoms with Crippen molar-refractivity contribution in [3.63, 3.8) is 0 Å². The fraction of sp³-hybridized carbons (Fsp3) is 0.286. The summed E-state index contributed by atoms with van der Waals surface area (Å²) in [6, 6.07) is 16.3. The summed E-state index contributed by atoms with van der Waals surface area (Å²) in [6.45, 7) is 5.88. The van der Waals surface area contributed by atoms with E-state index >= 15 is 0 Å². The van der Waals surface area contributed by atoms with E-state index in [1.54, 1.807) is 10.9 Å². The minimum Gasteiger partial charge on any atom is -0.483 e. The summed E-state index contributed by atoms with van der Waals surface area (Å²) in [7, 11) is 0. The molecule has 0 aliphatic heterocycles. The van der Waals surface area contributed by atoms with Gasteiger partial charge in [0.2, 0.25) is 0 Å². The largest absolute Gasteiger partial charge is 0.483 e. The number of benzene rings is 3. The highest BCUT2D eigenvalue weighted by Gasteiger charge is 2.30. The van der Waals surface area contributed by atoms with Crippen molar-refractivity contribution in [1.29, 1.82) is 0 Å². The Kier molecular flexibility index (Phi) is 6.80. The van der Waals surface area contributed by atoms with E-state index in [1.165, 1.54) is 12.1 Å². The number of hydrogen-bond acceptors (Lipinski definition) is 3. The summed E-state index contributed by atoms with van der Waals surface area (Å²) in [5.41, 5.74) is 2.59. The van der Waals surface area contributed by atoms with Crippen LogP contribution in [0.3, 0.4) is 0 Å². The lowest BCUT2D eigenvalue weighted by Gasteiger charge is -2.28. The molecule has 0 radical (unpaired) electrons. The fourth-order valence-electron chi connectivity index (χ4n) is 4.30. The van der Waals surface area contributed by atoms with Crippen LogP contribution in [0, 0.1) is 0 Å². The summed E-state index contributed by atoms with van der Waals surface area (Å²) in [5.74, 6) is -0.169. The highest BCUT2D eigenvalue weighted by Crippen LogP contribution is 2.34. The predicted octanol–water partition coefficient (Wildman–Crippen LogP) is 6.94. The first kappa shape index (κ1) is 25.3. The van der Waals surface area contributed by atoms with Gasteiger partial charge in [-0.15, -0.1) is 0 Å². The van der Waals surface area contributed by atoms with Gasteiger partial charge in [0.1, 0.15) is 11.4 Å². The Bertz CT molecular complexity index is 1390. The number of carbonyl (C=O) groups is 1. The SMILES string of the molecule is CCc1cc(OC(C)(C)c2cccc3cn(-c4ccc(C(F)(F)F)cc4)nc23)ccc1CCC(=O)O. The fourth-order valence-corrected chi connectivity index (χ4v) is 4.30. The molecule has 0 spiro atoms. The monoisotopic (exact) mass is 496 g/mol. The van der Waals surface area contributed by atoms with Gasteiger partial charge in [0, 0.05) is 23.6 Å². The van der Waals surface area contributed by atoms with Crippen LogP contribution >= 0.6 is 0 Å². The number of carboxylic acids is 1. The molecule has 0 amide bonds. The lowest BCUT2D eigenvalue weighted by atomic mass is 9.95. The molecule has 4 rings (SSSR count). The number of hydrogen-bond donors (Lipinski definition) is 1. The van der Waals surface area contributed by atoms with Crippen molar-refractivity contribution in [2.75, 3.05) is 0 Å². The molecule has 1 N–H and O–H groups in total. The number of ether oxygens (including phenoxy) is 1. The first-order chi connectivity index (χ1) is 17.0. The molecule has 0 aliphatic carbocycles. The summed E-state index contributed by atoms with van der Waals surface area (Å²) in [4.78, 5) is 11.0. The third-order valence-corrected chi connectivity index (χ3v) is 6.18. The summed E-state index contributed by atoms with van der Waals surface area (Å²) in [5, 5.41) is 14.5. The van der Waals surface area contributed by atoms with Gasteiger partial charge >= 0.3 is 12.1 Å². The smallest absolute Gasteiger partial charge is 0.416 e. The highest BCUT2D eigenvalue weighted by atomic mass is 19.4. The van der Waals surface area contributed by atoms with E-state index in [2.05, 4.69) is 5.10 Å². The van der Waals surface area contributed by atoms with Gasteiger partial charge in [-0.3, -0.25) is 4.79 Å². The van der Waals surface area contributed by atoms with Crippen molar-refractivity contribution in [3.8, 4) is 11.4 Å². The molecule has 0 bridgehead atoms. The minimum absolute atomic E-state index is 0.0717. The van der Waals surface area contributed by atoms with Crippen LogP contribution < -0.4 is 4.74 Å². The van der Waals surface area contributed by atoms with E-state index in [4.69, 9.17) is 9.84 Å². The number of fused-ring (bicyclic) bond motifs is 1. The molecule has 36 heavy (non-hydrogen) atoms. The molecule has 188 valence electrons. The van der Waals surface area contributed by atoms with Gasteiger partial charge in [0.25, 0.3) is 0 Å². The van der Waals surface area contributed by atoms with Gasteiger partial charge < -0.3 is 9.84 Å². The molecule has 0 saturated carbocycles. The van der Waals surface area contributed by atoms with E-state index in [1.807, 2.05) is 57.2 Å². The molecule has 0 saturated heterocycles. The van der Waals surface area contributed by atoms with Crippen LogP contribution in [0.25, 0.3) is 16.6 Å². The maximum atomic E-state index is 12.9. The van der Waals surface area contributed by atoms with Crippen molar-refractivity contribution in [3.05, 3.63) is 89.1 Å². The van der Waals surface area contributed by atoms with Crippen LogP contribution in [-0.2, 0) is 29.4 Å². The van der Waals surface area contributed by atoms with Crippen LogP contribution in [0.4, 0.5) is 13.2 Å². The zero-order valence-electron chi connectivity index (χ0n) is 20.3. The Morgan fingerprint density at radius 1 is 1.03 bits per heavy atom. The molecule has 1 aromatic heterocycles. The van der Waals surface area contributed by atoms with Crippen molar-refractivity contribution in [2.24, 2.45) is 0 Å². The molecule has 3 aromatic carbocycles. The van der Waals surface area contributed by atoms with Crippen LogP contribution in [0.2, 0.25) is 0 Å². The molecule has 0 aliphatic rings. The Morgan fingerprint density at radius 2 is 1.75 bits per heavy atom. The molecule has 5 nitrogen and oxygen atoms in total. The lowest BCUT2D eigenvalue weighted by Crippen LogP contribution is -2.26. The average molecular weight is 497 g/mol. The van der Waals surface area contributed by atoms with Gasteiger partial charge in [-0.05, 0) is 74.2 Å². The molecular weight excluding hydrogens is 469 g/mol. The Morgan fingerprint density at radius 3 is 2.39 bits per heavy atom. The Balaban J connectivity index is 1.63. The van der Waals surface area contributed by atoms with Crippen molar-refractivity contribution >= 4 is 16.9 Å². The predicted molar refractivity (Wildman–Crippen MR) is 132 cm³/mol. The van der Waals surface area contributed by atoms with Gasteiger partial charge in [0.05, 0.1) is 16.8 Å². The number of aryl methyl sites for hydroxylation is 2. The summed E-state index contributed by atoms with van der Waals surface area (Å²) < 4.78 is 46.8. The molecule has 1 heterocycles. The highest BCUT2D eigenvalue weighted by molar-refractivity contribution is 5.82. The normalized spacial score (nSPS) is 12.2. The van der Waals surface area contributed by atoms with Gasteiger partial charge in [0.15, 0.2) is 0 Å². The van der Waals surface area contributed by atoms with Crippen LogP contribution in [-0.4, -0.2) is 20.9 Å². The summed E-state index contributed by atoms with van der Waals surface area (Å²) >= 11 is 0. The summed E-state index contributed by atoms with van der Waals surface area (Å²) in [6.07, 6.45) is -1.33. The standard InChI is InChI=1S/C28H27F3N2O3/c1-4-18-16-23(14-8-19(18)9-15-25(34)35)36-27(2,3)24-7-5-6-20-17-33(32-26(20)24)22-12-10-21(11-13-22)28(29,30)31/h5-8,10-14,16-17H,4,9,15H2,1-3H3,(H,34,35). The number of carboxylic acid groups (broad SMARTS) is 1. The second kappa shape index (κ2) is 9.68. The maximum Gasteiger partial charge on any atom is 0.416 e. The topological polar surface area (TPSA) is 64.4 Å². The molecule has 8 heteroatoms. The van der Waals surface area contributed by atoms with Crippen molar-refractivity contribution in [1.82, 2.24) is 9.78 Å². The average Bonchev–Trinajstić information content (AvgIpc) is 3.26. The van der Waals surface area contributed by atoms with E-state index in [0.717, 1.165) is 40.6 Å². The number of nitrogens with zero attached hydrogens (tertiary/aromatic N) is 2. The van der Waals surface area contributed by atoms with Crippen LogP contribution in [0.15, 0.2) is 66.9 Å². The third-order valence-electron chi connectivity index (χ3n) is 6.18. The molecular formula is C28H27F3N2O3. The van der Waals surface area contributed by atoms with Crippen molar-refractivity contribution < 1.29 is 27.8 Å². The number of halogens is 3. The second-order valence-electron chi connectivity index (χ2n) is 9.15. The molecule has 0 atom stereocenters. The Labute approximate surface area is 207 Å². The van der Waals surface area contributed by atoms with E-state index in [0.29, 0.717) is 23.4 Å². The maximum absolute atomic E-state index is 12.9. The first-order valence-corrected chi connectivity index (χ1v) is 11.7. The van der Waals surface area contributed by atoms with E-state index in [-0.39, 0.29) is 6.42 Å². The number of aromatic nitrogens is 2. The molecule has 0 fully saturated rings. The van der Waals surface area contributed by atoms with Crippen molar-refractivity contribution in [2.45, 2.75) is 51.8 Å². The number of aliphatic carboxylic acids is 1. The van der Waals surface area contributed by atoms with Gasteiger partial charge in [-0.2, -0.15) is 18.3 Å². The van der Waals surface area contributed by atoms with Crippen LogP contribution in [0.5, 0.6) is 5.75 Å². The van der Waals surface area contributed by atoms with Gasteiger partial charge in [-0.25, -0.2) is 4.68 Å². The Hall–Kier alpha value is -3.81. The van der Waals surface area contributed by atoms with E-state index < -0.39 is 23.3 Å². The first-order valence-electron chi connectivity index (χ1n) is 11.7. The molecule has 4 aromatic rings.